The van der Waals surface area contributed by atoms with Gasteiger partial charge in [0.25, 0.3) is 0 Å². The van der Waals surface area contributed by atoms with Crippen molar-refractivity contribution in [2.75, 3.05) is 73.5 Å². The first kappa shape index (κ1) is 12.9. The predicted octanol–water partition coefficient (Wildman–Crippen LogP) is -0.615. The van der Waals surface area contributed by atoms with E-state index in [0.29, 0.717) is 0 Å². The smallest absolute Gasteiger partial charge is 0.0107 e. The van der Waals surface area contributed by atoms with Crippen LogP contribution in [0.15, 0.2) is 0 Å². The Hall–Kier alpha value is -0.160. The van der Waals surface area contributed by atoms with Crippen molar-refractivity contribution in [3.05, 3.63) is 0 Å². The molecule has 0 bridgehead atoms. The van der Waals surface area contributed by atoms with Gasteiger partial charge in [-0.25, -0.2) is 0 Å². The van der Waals surface area contributed by atoms with Gasteiger partial charge in [0.1, 0.15) is 0 Å². The Morgan fingerprint density at radius 2 is 0.933 bits per heavy atom. The summed E-state index contributed by atoms with van der Waals surface area (Å²) >= 11 is 0. The molecule has 4 nitrogen and oxygen atoms in total. The molecule has 0 unspecified atom stereocenters. The number of nitrogens with zero attached hydrogens (tertiary/aromatic N) is 3. The van der Waals surface area contributed by atoms with E-state index in [1.54, 1.807) is 0 Å². The Kier molecular flexibility index (Phi) is 6.17. The normalized spacial score (nSPS) is 25.8. The molecule has 0 amide bonds. The van der Waals surface area contributed by atoms with Crippen LogP contribution in [0.3, 0.4) is 0 Å². The minimum absolute atomic E-state index is 1.16. The summed E-state index contributed by atoms with van der Waals surface area (Å²) in [6.07, 6.45) is 0. The lowest BCUT2D eigenvalue weighted by Crippen LogP contribution is -2.42. The molecule has 2 saturated heterocycles. The van der Waals surface area contributed by atoms with E-state index in [0.717, 1.165) is 13.1 Å². The highest BCUT2D eigenvalue weighted by Gasteiger charge is 2.07. The third kappa shape index (κ3) is 6.10. The van der Waals surface area contributed by atoms with Gasteiger partial charge < -0.3 is 20.0 Å². The molecule has 0 aliphatic carbocycles. The van der Waals surface area contributed by atoms with E-state index in [4.69, 9.17) is 0 Å². The number of piperazine rings is 2. The Morgan fingerprint density at radius 1 is 0.600 bits per heavy atom. The van der Waals surface area contributed by atoms with Crippen LogP contribution < -0.4 is 5.32 Å². The molecule has 4 heteroatoms. The fourth-order valence-corrected chi connectivity index (χ4v) is 1.68. The molecule has 2 aliphatic rings. The lowest BCUT2D eigenvalue weighted by atomic mass is 10.4. The Labute approximate surface area is 94.2 Å². The summed E-state index contributed by atoms with van der Waals surface area (Å²) in [4.78, 5) is 7.05. The van der Waals surface area contributed by atoms with Crippen LogP contribution in [0.1, 0.15) is 0 Å². The fraction of sp³-hybridized carbons (Fsp3) is 1.00. The monoisotopic (exact) mass is 214 g/mol. The number of nitrogens with one attached hydrogen (secondary N) is 1. The van der Waals surface area contributed by atoms with Crippen molar-refractivity contribution >= 4 is 0 Å². The molecule has 1 N–H and O–H groups in total. The fourth-order valence-electron chi connectivity index (χ4n) is 1.68. The Balaban J connectivity index is 0.000000151. The van der Waals surface area contributed by atoms with Gasteiger partial charge in [0.15, 0.2) is 0 Å². The third-order valence-electron chi connectivity index (χ3n) is 3.07. The molecule has 90 valence electrons. The van der Waals surface area contributed by atoms with E-state index >= 15 is 0 Å². The van der Waals surface area contributed by atoms with Gasteiger partial charge in [-0.3, -0.25) is 0 Å². The molecule has 2 heterocycles. The van der Waals surface area contributed by atoms with Crippen LogP contribution in [0, 0.1) is 0 Å². The molecule has 0 aromatic rings. The molecule has 0 atom stereocenters. The molecule has 0 saturated carbocycles. The molecule has 2 aliphatic heterocycles. The first-order chi connectivity index (χ1) is 7.18. The second-order valence-electron chi connectivity index (χ2n) is 4.66. The van der Waals surface area contributed by atoms with Crippen LogP contribution in [0.25, 0.3) is 0 Å². The second-order valence-corrected chi connectivity index (χ2v) is 4.66. The van der Waals surface area contributed by atoms with Gasteiger partial charge >= 0.3 is 0 Å². The van der Waals surface area contributed by atoms with Crippen LogP contribution in [0.2, 0.25) is 0 Å². The van der Waals surface area contributed by atoms with Crippen LogP contribution in [0.4, 0.5) is 0 Å². The van der Waals surface area contributed by atoms with E-state index in [-0.39, 0.29) is 0 Å². The number of hydrogen-bond donors (Lipinski definition) is 1. The predicted molar refractivity (Wildman–Crippen MR) is 65.4 cm³/mol. The van der Waals surface area contributed by atoms with E-state index in [1.165, 1.54) is 39.3 Å². The summed E-state index contributed by atoms with van der Waals surface area (Å²) in [5.41, 5.74) is 0. The lowest BCUT2D eigenvalue weighted by Gasteiger charge is -2.28. The van der Waals surface area contributed by atoms with Crippen molar-refractivity contribution in [2.24, 2.45) is 0 Å². The number of likely N-dealkylation sites (N-methyl/N-ethyl adjacent to an activating group) is 3. The molecule has 0 aromatic heterocycles. The van der Waals surface area contributed by atoms with Gasteiger partial charge in [-0.1, -0.05) is 0 Å². The summed E-state index contributed by atoms with van der Waals surface area (Å²) < 4.78 is 0. The quantitative estimate of drug-likeness (QED) is 0.580. The second kappa shape index (κ2) is 7.17. The van der Waals surface area contributed by atoms with Gasteiger partial charge in [0.05, 0.1) is 0 Å². The number of rotatable bonds is 0. The highest BCUT2D eigenvalue weighted by Crippen LogP contribution is 1.93. The van der Waals surface area contributed by atoms with Crippen molar-refractivity contribution in [1.29, 1.82) is 0 Å². The largest absolute Gasteiger partial charge is 0.314 e. The lowest BCUT2D eigenvalue weighted by molar-refractivity contribution is 0.181. The molecule has 2 rings (SSSR count). The summed E-state index contributed by atoms with van der Waals surface area (Å²) in [5.74, 6) is 0. The van der Waals surface area contributed by atoms with Crippen LogP contribution in [-0.2, 0) is 0 Å². The summed E-state index contributed by atoms with van der Waals surface area (Å²) in [7, 11) is 6.50. The molecular weight excluding hydrogens is 188 g/mol. The van der Waals surface area contributed by atoms with Gasteiger partial charge in [0.2, 0.25) is 0 Å². The first-order valence-corrected chi connectivity index (χ1v) is 5.95. The Morgan fingerprint density at radius 3 is 1.20 bits per heavy atom. The maximum atomic E-state index is 3.27. The average molecular weight is 214 g/mol. The van der Waals surface area contributed by atoms with Crippen molar-refractivity contribution in [2.45, 2.75) is 0 Å². The van der Waals surface area contributed by atoms with Gasteiger partial charge in [-0.15, -0.1) is 0 Å². The zero-order valence-electron chi connectivity index (χ0n) is 10.5. The zero-order chi connectivity index (χ0) is 11.1. The standard InChI is InChI=1S/C6H14N2.C5H12N2/c1-7-3-5-8(2)6-4-7;1-7-4-2-6-3-5-7/h3-6H2,1-2H3;6H,2-5H2,1H3. The maximum absolute atomic E-state index is 3.27. The maximum Gasteiger partial charge on any atom is 0.0107 e. The number of hydrogen-bond acceptors (Lipinski definition) is 4. The highest BCUT2D eigenvalue weighted by atomic mass is 15.2. The highest BCUT2D eigenvalue weighted by molar-refractivity contribution is 4.64. The van der Waals surface area contributed by atoms with Crippen LogP contribution in [0.5, 0.6) is 0 Å². The van der Waals surface area contributed by atoms with E-state index in [1.807, 2.05) is 0 Å². The van der Waals surface area contributed by atoms with Crippen molar-refractivity contribution in [1.82, 2.24) is 20.0 Å². The minimum Gasteiger partial charge on any atom is -0.314 e. The van der Waals surface area contributed by atoms with Crippen molar-refractivity contribution in [3.8, 4) is 0 Å². The van der Waals surface area contributed by atoms with E-state index in [2.05, 4.69) is 41.2 Å². The van der Waals surface area contributed by atoms with Crippen molar-refractivity contribution < 1.29 is 0 Å². The summed E-state index contributed by atoms with van der Waals surface area (Å²) in [5, 5.41) is 3.27. The average Bonchev–Trinajstić information content (AvgIpc) is 2.25. The summed E-state index contributed by atoms with van der Waals surface area (Å²) in [6, 6.07) is 0. The van der Waals surface area contributed by atoms with E-state index < -0.39 is 0 Å². The molecule has 15 heavy (non-hydrogen) atoms. The van der Waals surface area contributed by atoms with Gasteiger partial charge in [-0.2, -0.15) is 0 Å². The first-order valence-electron chi connectivity index (χ1n) is 5.95. The SMILES string of the molecule is CN1CCN(C)CC1.CN1CCNCC1. The topological polar surface area (TPSA) is 21.8 Å². The molecular formula is C11H26N4. The van der Waals surface area contributed by atoms with Crippen molar-refractivity contribution in [3.63, 3.8) is 0 Å². The van der Waals surface area contributed by atoms with Gasteiger partial charge in [-0.05, 0) is 21.1 Å². The Bertz CT molecular complexity index is 139. The molecule has 0 radical (unpaired) electrons. The van der Waals surface area contributed by atoms with Gasteiger partial charge in [0, 0.05) is 52.4 Å². The van der Waals surface area contributed by atoms with E-state index in [9.17, 15) is 0 Å². The van der Waals surface area contributed by atoms with Crippen LogP contribution in [-0.4, -0.2) is 88.2 Å². The molecule has 0 aromatic carbocycles. The molecule has 2 fully saturated rings. The van der Waals surface area contributed by atoms with Crippen LogP contribution >= 0.6 is 0 Å². The molecule has 0 spiro atoms. The minimum atomic E-state index is 1.16. The third-order valence-corrected chi connectivity index (χ3v) is 3.07. The summed E-state index contributed by atoms with van der Waals surface area (Å²) in [6.45, 7) is 9.67. The zero-order valence-corrected chi connectivity index (χ0v) is 10.5.